The van der Waals surface area contributed by atoms with Crippen molar-refractivity contribution in [3.8, 4) is 5.75 Å². The van der Waals surface area contributed by atoms with Crippen molar-refractivity contribution in [3.05, 3.63) is 30.1 Å². The largest absolute Gasteiger partial charge is 0.493 e. The van der Waals surface area contributed by atoms with Crippen LogP contribution in [0, 0.1) is 5.82 Å². The molecular formula is C16H21FN2O3. The molecule has 1 N–H and O–H groups in total. The lowest BCUT2D eigenvalue weighted by molar-refractivity contribution is -0.130. The van der Waals surface area contributed by atoms with E-state index >= 15 is 0 Å². The highest BCUT2D eigenvalue weighted by Crippen LogP contribution is 2.12. The second-order valence-corrected chi connectivity index (χ2v) is 5.40. The monoisotopic (exact) mass is 308 g/mol. The molecule has 1 aromatic rings. The summed E-state index contributed by atoms with van der Waals surface area (Å²) in [7, 11) is 0. The first-order valence-electron chi connectivity index (χ1n) is 7.48. The molecule has 22 heavy (non-hydrogen) atoms. The Bertz CT molecular complexity index is 511. The van der Waals surface area contributed by atoms with E-state index in [9.17, 15) is 14.0 Å². The summed E-state index contributed by atoms with van der Waals surface area (Å²) in [6.07, 6.45) is 1.82. The van der Waals surface area contributed by atoms with E-state index in [0.717, 1.165) is 12.8 Å². The molecule has 0 radical (unpaired) electrons. The molecule has 6 heteroatoms. The zero-order valence-electron chi connectivity index (χ0n) is 12.7. The van der Waals surface area contributed by atoms with Crippen molar-refractivity contribution in [2.24, 2.45) is 0 Å². The lowest BCUT2D eigenvalue weighted by Crippen LogP contribution is -2.46. The van der Waals surface area contributed by atoms with Crippen molar-refractivity contribution < 1.29 is 18.7 Å². The lowest BCUT2D eigenvalue weighted by atomic mass is 10.0. The Morgan fingerprint density at radius 1 is 1.27 bits per heavy atom. The number of hydrogen-bond acceptors (Lipinski definition) is 3. The van der Waals surface area contributed by atoms with Gasteiger partial charge in [-0.2, -0.15) is 0 Å². The van der Waals surface area contributed by atoms with Gasteiger partial charge in [0.2, 0.25) is 11.8 Å². The van der Waals surface area contributed by atoms with E-state index in [1.165, 1.54) is 24.3 Å². The van der Waals surface area contributed by atoms with Crippen LogP contribution in [-0.2, 0) is 9.59 Å². The molecule has 0 aliphatic carbocycles. The number of rotatable bonds is 5. The first-order chi connectivity index (χ1) is 10.5. The van der Waals surface area contributed by atoms with E-state index in [-0.39, 0.29) is 36.7 Å². The van der Waals surface area contributed by atoms with Crippen LogP contribution in [0.5, 0.6) is 5.75 Å². The van der Waals surface area contributed by atoms with Crippen molar-refractivity contribution in [1.82, 2.24) is 10.2 Å². The van der Waals surface area contributed by atoms with Crippen LogP contribution < -0.4 is 10.1 Å². The minimum Gasteiger partial charge on any atom is -0.493 e. The van der Waals surface area contributed by atoms with Crippen LogP contribution in [0.15, 0.2) is 24.3 Å². The maximum absolute atomic E-state index is 12.7. The van der Waals surface area contributed by atoms with E-state index in [1.807, 2.05) is 0 Å². The first-order valence-corrected chi connectivity index (χ1v) is 7.48. The second kappa shape index (κ2) is 7.77. The van der Waals surface area contributed by atoms with Crippen molar-refractivity contribution in [2.45, 2.75) is 32.2 Å². The van der Waals surface area contributed by atoms with Gasteiger partial charge in [-0.05, 0) is 37.1 Å². The van der Waals surface area contributed by atoms with Crippen LogP contribution in [0.25, 0.3) is 0 Å². The number of nitrogens with one attached hydrogen (secondary N) is 1. The van der Waals surface area contributed by atoms with Crippen molar-refractivity contribution in [1.29, 1.82) is 0 Å². The van der Waals surface area contributed by atoms with Crippen LogP contribution in [0.1, 0.15) is 26.2 Å². The van der Waals surface area contributed by atoms with Gasteiger partial charge in [-0.1, -0.05) is 0 Å². The number of carbonyl (C=O) groups excluding carboxylic acids is 2. The predicted octanol–water partition coefficient (Wildman–Crippen LogP) is 1.72. The topological polar surface area (TPSA) is 58.6 Å². The number of halogens is 1. The van der Waals surface area contributed by atoms with Gasteiger partial charge in [0.05, 0.1) is 13.0 Å². The third-order valence-electron chi connectivity index (χ3n) is 3.72. The molecule has 2 rings (SSSR count). The van der Waals surface area contributed by atoms with Gasteiger partial charge in [0.1, 0.15) is 11.6 Å². The highest BCUT2D eigenvalue weighted by Gasteiger charge is 2.21. The summed E-state index contributed by atoms with van der Waals surface area (Å²) in [4.78, 5) is 24.9. The Balaban J connectivity index is 1.64. The molecule has 1 fully saturated rings. The summed E-state index contributed by atoms with van der Waals surface area (Å²) in [5.41, 5.74) is 0. The standard InChI is InChI=1S/C16H21FN2O3/c1-12(20)19-9-6-14(7-10-19)18-16(21)8-11-22-15-4-2-13(17)3-5-15/h2-5,14H,6-11H2,1H3,(H,18,21). The van der Waals surface area contributed by atoms with E-state index in [2.05, 4.69) is 5.32 Å². The van der Waals surface area contributed by atoms with Crippen molar-refractivity contribution in [2.75, 3.05) is 19.7 Å². The van der Waals surface area contributed by atoms with Crippen LogP contribution in [-0.4, -0.2) is 42.5 Å². The van der Waals surface area contributed by atoms with Gasteiger partial charge >= 0.3 is 0 Å². The number of nitrogens with zero attached hydrogens (tertiary/aromatic N) is 1. The van der Waals surface area contributed by atoms with Crippen LogP contribution in [0.2, 0.25) is 0 Å². The molecule has 5 nitrogen and oxygen atoms in total. The number of hydrogen-bond donors (Lipinski definition) is 1. The van der Waals surface area contributed by atoms with Gasteiger partial charge in [0.15, 0.2) is 0 Å². The normalized spacial score (nSPS) is 15.5. The fourth-order valence-corrected chi connectivity index (χ4v) is 2.43. The maximum Gasteiger partial charge on any atom is 0.223 e. The minimum atomic E-state index is -0.318. The van der Waals surface area contributed by atoms with Crippen LogP contribution in [0.3, 0.4) is 0 Å². The predicted molar refractivity (Wildman–Crippen MR) is 79.9 cm³/mol. The molecule has 2 amide bonds. The van der Waals surface area contributed by atoms with Gasteiger partial charge in [0.25, 0.3) is 0 Å². The Hall–Kier alpha value is -2.11. The highest BCUT2D eigenvalue weighted by molar-refractivity contribution is 5.76. The van der Waals surface area contributed by atoms with E-state index in [0.29, 0.717) is 18.8 Å². The van der Waals surface area contributed by atoms with Crippen LogP contribution in [0.4, 0.5) is 4.39 Å². The van der Waals surface area contributed by atoms with Crippen molar-refractivity contribution in [3.63, 3.8) is 0 Å². The Labute approximate surface area is 129 Å². The molecule has 120 valence electrons. The second-order valence-electron chi connectivity index (χ2n) is 5.40. The average Bonchev–Trinajstić information content (AvgIpc) is 2.50. The third kappa shape index (κ3) is 5.02. The fraction of sp³-hybridized carbons (Fsp3) is 0.500. The maximum atomic E-state index is 12.7. The lowest BCUT2D eigenvalue weighted by Gasteiger charge is -2.31. The quantitative estimate of drug-likeness (QED) is 0.901. The van der Waals surface area contributed by atoms with Gasteiger partial charge in [-0.25, -0.2) is 4.39 Å². The molecule has 0 bridgehead atoms. The van der Waals surface area contributed by atoms with Gasteiger partial charge in [0, 0.05) is 26.1 Å². The Morgan fingerprint density at radius 3 is 2.50 bits per heavy atom. The van der Waals surface area contributed by atoms with E-state index in [1.54, 1.807) is 11.8 Å². The summed E-state index contributed by atoms with van der Waals surface area (Å²) in [6, 6.07) is 5.82. The molecule has 1 heterocycles. The Morgan fingerprint density at radius 2 is 1.91 bits per heavy atom. The smallest absolute Gasteiger partial charge is 0.223 e. The SMILES string of the molecule is CC(=O)N1CCC(NC(=O)CCOc2ccc(F)cc2)CC1. The number of amides is 2. The molecule has 0 saturated carbocycles. The molecule has 1 aromatic carbocycles. The highest BCUT2D eigenvalue weighted by atomic mass is 19.1. The molecule has 1 saturated heterocycles. The number of benzene rings is 1. The summed E-state index contributed by atoms with van der Waals surface area (Å²) >= 11 is 0. The molecule has 0 spiro atoms. The fourth-order valence-electron chi connectivity index (χ4n) is 2.43. The van der Waals surface area contributed by atoms with E-state index in [4.69, 9.17) is 4.74 Å². The Kier molecular flexibility index (Phi) is 5.75. The van der Waals surface area contributed by atoms with Gasteiger partial charge in [-0.15, -0.1) is 0 Å². The molecular weight excluding hydrogens is 287 g/mol. The third-order valence-corrected chi connectivity index (χ3v) is 3.72. The van der Waals surface area contributed by atoms with Crippen molar-refractivity contribution >= 4 is 11.8 Å². The number of piperidine rings is 1. The molecule has 1 aliphatic heterocycles. The van der Waals surface area contributed by atoms with Gasteiger partial charge < -0.3 is 15.0 Å². The number of ether oxygens (including phenoxy) is 1. The number of carbonyl (C=O) groups is 2. The van der Waals surface area contributed by atoms with Gasteiger partial charge in [-0.3, -0.25) is 9.59 Å². The zero-order chi connectivity index (χ0) is 15.9. The zero-order valence-corrected chi connectivity index (χ0v) is 12.7. The number of likely N-dealkylation sites (tertiary alicyclic amines) is 1. The molecule has 0 unspecified atom stereocenters. The van der Waals surface area contributed by atoms with E-state index < -0.39 is 0 Å². The van der Waals surface area contributed by atoms with Crippen LogP contribution >= 0.6 is 0 Å². The molecule has 0 atom stereocenters. The summed E-state index contributed by atoms with van der Waals surface area (Å²) < 4.78 is 18.1. The summed E-state index contributed by atoms with van der Waals surface area (Å²) in [5, 5.41) is 2.96. The summed E-state index contributed by atoms with van der Waals surface area (Å²) in [6.45, 7) is 3.19. The summed E-state index contributed by atoms with van der Waals surface area (Å²) in [5.74, 6) is 0.242. The molecule has 1 aliphatic rings. The average molecular weight is 308 g/mol. The first kappa shape index (κ1) is 16.3. The molecule has 0 aromatic heterocycles. The minimum absolute atomic E-state index is 0.0663.